The summed E-state index contributed by atoms with van der Waals surface area (Å²) in [7, 11) is -1.35. The van der Waals surface area contributed by atoms with Crippen molar-refractivity contribution in [2.75, 3.05) is 49.1 Å². The molecule has 150 valence electrons. The van der Waals surface area contributed by atoms with Crippen molar-refractivity contribution in [3.8, 4) is 0 Å². The number of hydrogen-bond acceptors (Lipinski definition) is 5. The van der Waals surface area contributed by atoms with Crippen LogP contribution in [0.5, 0.6) is 0 Å². The maximum Gasteiger partial charge on any atom is 0.253 e. The van der Waals surface area contributed by atoms with E-state index in [0.29, 0.717) is 12.1 Å². The van der Waals surface area contributed by atoms with Gasteiger partial charge in [-0.25, -0.2) is 8.42 Å². The molecule has 0 atom stereocenters. The lowest BCUT2D eigenvalue weighted by Gasteiger charge is -2.35. The Labute approximate surface area is 166 Å². The Morgan fingerprint density at radius 3 is 2.36 bits per heavy atom. The molecule has 1 aliphatic rings. The number of carbonyl (C=O) groups excluding carboxylic acids is 1. The third-order valence-corrected chi connectivity index (χ3v) is 5.33. The van der Waals surface area contributed by atoms with E-state index in [4.69, 9.17) is 0 Å². The molecule has 1 saturated heterocycles. The summed E-state index contributed by atoms with van der Waals surface area (Å²) >= 11 is 0. The van der Waals surface area contributed by atoms with Crippen LogP contribution in [0, 0.1) is 0 Å². The van der Waals surface area contributed by atoms with Crippen LogP contribution in [0.4, 0.5) is 11.4 Å². The van der Waals surface area contributed by atoms with Crippen LogP contribution in [0.3, 0.4) is 0 Å². The summed E-state index contributed by atoms with van der Waals surface area (Å²) in [6.07, 6.45) is 1.06. The molecular weight excluding hydrogens is 376 g/mol. The molecule has 1 aliphatic heterocycles. The van der Waals surface area contributed by atoms with Gasteiger partial charge < -0.3 is 15.1 Å². The molecule has 1 fully saturated rings. The maximum atomic E-state index is 12.7. The SMILES string of the molecule is CN1CCN(c2ccccc2CNC(=O)c2ccccc2NS(C)(=O)=O)CC1. The summed E-state index contributed by atoms with van der Waals surface area (Å²) in [4.78, 5) is 17.3. The van der Waals surface area contributed by atoms with E-state index >= 15 is 0 Å². The van der Waals surface area contributed by atoms with E-state index in [1.54, 1.807) is 24.3 Å². The largest absolute Gasteiger partial charge is 0.369 e. The molecule has 0 aliphatic carbocycles. The highest BCUT2D eigenvalue weighted by Gasteiger charge is 2.18. The van der Waals surface area contributed by atoms with E-state index in [1.165, 1.54) is 0 Å². The van der Waals surface area contributed by atoms with Gasteiger partial charge in [-0.3, -0.25) is 9.52 Å². The Morgan fingerprint density at radius 1 is 1.00 bits per heavy atom. The molecule has 2 aromatic carbocycles. The molecule has 8 heteroatoms. The number of amides is 1. The molecule has 0 aromatic heterocycles. The number of anilines is 2. The van der Waals surface area contributed by atoms with Gasteiger partial charge in [0, 0.05) is 38.4 Å². The lowest BCUT2D eigenvalue weighted by molar-refractivity contribution is 0.0952. The number of piperazine rings is 1. The van der Waals surface area contributed by atoms with Crippen molar-refractivity contribution in [2.24, 2.45) is 0 Å². The van der Waals surface area contributed by atoms with Gasteiger partial charge in [0.2, 0.25) is 10.0 Å². The molecule has 2 N–H and O–H groups in total. The minimum Gasteiger partial charge on any atom is -0.369 e. The van der Waals surface area contributed by atoms with Crippen molar-refractivity contribution in [1.29, 1.82) is 0 Å². The van der Waals surface area contributed by atoms with Gasteiger partial charge in [0.15, 0.2) is 0 Å². The normalized spacial score (nSPS) is 15.3. The summed E-state index contributed by atoms with van der Waals surface area (Å²) in [5, 5.41) is 2.92. The highest BCUT2D eigenvalue weighted by Crippen LogP contribution is 2.22. The van der Waals surface area contributed by atoms with Crippen LogP contribution in [0.25, 0.3) is 0 Å². The topological polar surface area (TPSA) is 81.8 Å². The molecule has 3 rings (SSSR count). The zero-order valence-electron chi connectivity index (χ0n) is 16.2. The first kappa shape index (κ1) is 20.2. The Balaban J connectivity index is 1.73. The molecule has 0 unspecified atom stereocenters. The first-order chi connectivity index (χ1) is 13.3. The Hall–Kier alpha value is -2.58. The molecule has 0 saturated carbocycles. The standard InChI is InChI=1S/C20H26N4O3S/c1-23-11-13-24(14-12-23)19-10-6-3-7-16(19)15-21-20(25)17-8-4-5-9-18(17)22-28(2,26)27/h3-10,22H,11-15H2,1-2H3,(H,21,25). The minimum absolute atomic E-state index is 0.273. The smallest absolute Gasteiger partial charge is 0.253 e. The van der Waals surface area contributed by atoms with Gasteiger partial charge in [0.1, 0.15) is 0 Å². The van der Waals surface area contributed by atoms with Crippen LogP contribution in [0.15, 0.2) is 48.5 Å². The Morgan fingerprint density at radius 2 is 1.64 bits per heavy atom. The number of nitrogens with one attached hydrogen (secondary N) is 2. The minimum atomic E-state index is -3.47. The van der Waals surface area contributed by atoms with Crippen molar-refractivity contribution in [2.45, 2.75) is 6.54 Å². The molecule has 0 bridgehead atoms. The number of likely N-dealkylation sites (N-methyl/N-ethyl adjacent to an activating group) is 1. The van der Waals surface area contributed by atoms with Gasteiger partial charge in [-0.1, -0.05) is 30.3 Å². The van der Waals surface area contributed by atoms with Crippen LogP contribution in [0.1, 0.15) is 15.9 Å². The fourth-order valence-corrected chi connectivity index (χ4v) is 3.83. The van der Waals surface area contributed by atoms with Crippen LogP contribution >= 0.6 is 0 Å². The fourth-order valence-electron chi connectivity index (χ4n) is 3.26. The molecule has 1 heterocycles. The van der Waals surface area contributed by atoms with E-state index in [2.05, 4.69) is 33.0 Å². The monoisotopic (exact) mass is 402 g/mol. The van der Waals surface area contributed by atoms with Crippen molar-refractivity contribution < 1.29 is 13.2 Å². The molecule has 2 aromatic rings. The van der Waals surface area contributed by atoms with Crippen molar-refractivity contribution in [1.82, 2.24) is 10.2 Å². The summed E-state index contributed by atoms with van der Waals surface area (Å²) in [5.74, 6) is -0.320. The summed E-state index contributed by atoms with van der Waals surface area (Å²) in [6.45, 7) is 4.27. The number of nitrogens with zero attached hydrogens (tertiary/aromatic N) is 2. The van der Waals surface area contributed by atoms with Crippen molar-refractivity contribution in [3.05, 3.63) is 59.7 Å². The predicted molar refractivity (Wildman–Crippen MR) is 112 cm³/mol. The fraction of sp³-hybridized carbons (Fsp3) is 0.350. The van der Waals surface area contributed by atoms with Crippen molar-refractivity contribution in [3.63, 3.8) is 0 Å². The Bertz CT molecular complexity index is 938. The van der Waals surface area contributed by atoms with Crippen LogP contribution in [0.2, 0.25) is 0 Å². The molecule has 0 radical (unpaired) electrons. The second-order valence-corrected chi connectivity index (χ2v) is 8.77. The van der Waals surface area contributed by atoms with E-state index in [9.17, 15) is 13.2 Å². The van der Waals surface area contributed by atoms with Gasteiger partial charge in [-0.2, -0.15) is 0 Å². The number of sulfonamides is 1. The second kappa shape index (κ2) is 8.62. The van der Waals surface area contributed by atoms with Crippen LogP contribution in [-0.2, 0) is 16.6 Å². The second-order valence-electron chi connectivity index (χ2n) is 7.02. The molecule has 7 nitrogen and oxygen atoms in total. The third-order valence-electron chi connectivity index (χ3n) is 4.74. The summed E-state index contributed by atoms with van der Waals surface area (Å²) < 4.78 is 25.5. The van der Waals surface area contributed by atoms with Crippen LogP contribution < -0.4 is 14.9 Å². The van der Waals surface area contributed by atoms with Gasteiger partial charge in [0.05, 0.1) is 17.5 Å². The molecule has 1 amide bonds. The third kappa shape index (κ3) is 5.24. The van der Waals surface area contributed by atoms with Gasteiger partial charge in [-0.05, 0) is 30.8 Å². The van der Waals surface area contributed by atoms with E-state index in [1.807, 2.05) is 18.2 Å². The number of benzene rings is 2. The number of para-hydroxylation sites is 2. The quantitative estimate of drug-likeness (QED) is 0.769. The first-order valence-electron chi connectivity index (χ1n) is 9.20. The van der Waals surface area contributed by atoms with E-state index < -0.39 is 10.0 Å². The zero-order chi connectivity index (χ0) is 20.1. The predicted octanol–water partition coefficient (Wildman–Crippen LogP) is 1.74. The Kier molecular flexibility index (Phi) is 6.21. The number of rotatable bonds is 6. The highest BCUT2D eigenvalue weighted by molar-refractivity contribution is 7.92. The summed E-state index contributed by atoms with van der Waals surface area (Å²) in [5.41, 5.74) is 2.73. The number of carbonyl (C=O) groups is 1. The zero-order valence-corrected chi connectivity index (χ0v) is 17.0. The average Bonchev–Trinajstić information content (AvgIpc) is 2.66. The van der Waals surface area contributed by atoms with Gasteiger partial charge >= 0.3 is 0 Å². The van der Waals surface area contributed by atoms with Gasteiger partial charge in [-0.15, -0.1) is 0 Å². The average molecular weight is 403 g/mol. The lowest BCUT2D eigenvalue weighted by atomic mass is 10.1. The number of hydrogen-bond donors (Lipinski definition) is 2. The van der Waals surface area contributed by atoms with E-state index in [0.717, 1.165) is 43.7 Å². The molecule has 0 spiro atoms. The lowest BCUT2D eigenvalue weighted by Crippen LogP contribution is -2.45. The van der Waals surface area contributed by atoms with E-state index in [-0.39, 0.29) is 11.6 Å². The first-order valence-corrected chi connectivity index (χ1v) is 11.1. The van der Waals surface area contributed by atoms with Crippen molar-refractivity contribution >= 4 is 27.3 Å². The van der Waals surface area contributed by atoms with Gasteiger partial charge in [0.25, 0.3) is 5.91 Å². The molecular formula is C20H26N4O3S. The maximum absolute atomic E-state index is 12.7. The van der Waals surface area contributed by atoms with Crippen LogP contribution in [-0.4, -0.2) is 58.7 Å². The molecule has 28 heavy (non-hydrogen) atoms. The summed E-state index contributed by atoms with van der Waals surface area (Å²) in [6, 6.07) is 14.6. The highest BCUT2D eigenvalue weighted by atomic mass is 32.2.